The van der Waals surface area contributed by atoms with Crippen molar-refractivity contribution < 1.29 is 18.0 Å². The predicted octanol–water partition coefficient (Wildman–Crippen LogP) is 1.05. The van der Waals surface area contributed by atoms with Crippen molar-refractivity contribution in [1.82, 2.24) is 24.9 Å². The molecule has 0 aliphatic carbocycles. The highest BCUT2D eigenvalue weighted by Crippen LogP contribution is 2.18. The van der Waals surface area contributed by atoms with Crippen molar-refractivity contribution in [1.29, 1.82) is 0 Å². The number of rotatable bonds is 7. The molecule has 1 aromatic heterocycles. The SMILES string of the molecule is O=C1CN(S(=O)(=O)c2cccc(C(=O)NCCCc3nc4ccccc4[nH]3)c2)CCN1. The average Bonchev–Trinajstić information content (AvgIpc) is 3.19. The number of sulfonamides is 1. The zero-order valence-electron chi connectivity index (χ0n) is 16.8. The molecule has 0 bridgehead atoms. The zero-order chi connectivity index (χ0) is 21.8. The number of carbonyl (C=O) groups excluding carboxylic acids is 2. The summed E-state index contributed by atoms with van der Waals surface area (Å²) in [6.45, 7) is 0.676. The number of hydrogen-bond acceptors (Lipinski definition) is 5. The molecule has 9 nitrogen and oxygen atoms in total. The van der Waals surface area contributed by atoms with Gasteiger partial charge in [0.25, 0.3) is 5.91 Å². The Bertz CT molecular complexity index is 1190. The van der Waals surface area contributed by atoms with E-state index in [1.165, 1.54) is 18.2 Å². The average molecular weight is 442 g/mol. The Morgan fingerprint density at radius 2 is 2.00 bits per heavy atom. The fourth-order valence-electron chi connectivity index (χ4n) is 3.45. The van der Waals surface area contributed by atoms with Crippen LogP contribution < -0.4 is 10.6 Å². The number of fused-ring (bicyclic) bond motifs is 1. The third kappa shape index (κ3) is 4.75. The van der Waals surface area contributed by atoms with Crippen molar-refractivity contribution in [2.24, 2.45) is 0 Å². The van der Waals surface area contributed by atoms with E-state index in [0.29, 0.717) is 19.4 Å². The number of hydrogen-bond donors (Lipinski definition) is 3. The lowest BCUT2D eigenvalue weighted by Crippen LogP contribution is -2.49. The molecule has 2 aromatic carbocycles. The summed E-state index contributed by atoms with van der Waals surface area (Å²) in [5.74, 6) is 0.167. The Balaban J connectivity index is 1.35. The third-order valence-electron chi connectivity index (χ3n) is 5.05. The summed E-state index contributed by atoms with van der Waals surface area (Å²) in [5, 5.41) is 5.41. The van der Waals surface area contributed by atoms with Gasteiger partial charge in [-0.2, -0.15) is 4.31 Å². The molecule has 1 saturated heterocycles. The molecule has 0 unspecified atom stereocenters. The van der Waals surface area contributed by atoms with E-state index >= 15 is 0 Å². The van der Waals surface area contributed by atoms with Gasteiger partial charge in [-0.3, -0.25) is 9.59 Å². The van der Waals surface area contributed by atoms with E-state index in [0.717, 1.165) is 21.2 Å². The van der Waals surface area contributed by atoms with Crippen molar-refractivity contribution in [2.45, 2.75) is 17.7 Å². The second kappa shape index (κ2) is 8.86. The minimum absolute atomic E-state index is 0.00266. The first kappa shape index (κ1) is 21.0. The standard InChI is InChI=1S/C21H23N5O4S/c27-20-14-26(12-11-22-20)31(29,30)16-6-3-5-15(13-16)21(28)23-10-4-9-19-24-17-7-1-2-8-18(17)25-19/h1-3,5-8,13H,4,9-12,14H2,(H,22,27)(H,23,28)(H,24,25). The van der Waals surface area contributed by atoms with Crippen LogP contribution in [-0.4, -0.2) is 60.7 Å². The van der Waals surface area contributed by atoms with Gasteiger partial charge >= 0.3 is 0 Å². The monoisotopic (exact) mass is 441 g/mol. The maximum absolute atomic E-state index is 12.8. The van der Waals surface area contributed by atoms with Crippen LogP contribution >= 0.6 is 0 Å². The molecule has 2 amide bonds. The van der Waals surface area contributed by atoms with Gasteiger partial charge in [0.15, 0.2) is 0 Å². The number of piperazine rings is 1. The van der Waals surface area contributed by atoms with Crippen molar-refractivity contribution in [2.75, 3.05) is 26.2 Å². The lowest BCUT2D eigenvalue weighted by molar-refractivity contribution is -0.122. The molecule has 3 N–H and O–H groups in total. The maximum atomic E-state index is 12.8. The van der Waals surface area contributed by atoms with Gasteiger partial charge < -0.3 is 15.6 Å². The molecule has 1 aliphatic rings. The van der Waals surface area contributed by atoms with Gasteiger partial charge in [-0.1, -0.05) is 18.2 Å². The molecule has 162 valence electrons. The number of aryl methyl sites for hydroxylation is 1. The number of nitrogens with zero attached hydrogens (tertiary/aromatic N) is 2. The molecule has 31 heavy (non-hydrogen) atoms. The fraction of sp³-hybridized carbons (Fsp3) is 0.286. The number of nitrogens with one attached hydrogen (secondary N) is 3. The van der Waals surface area contributed by atoms with Crippen LogP contribution in [0.5, 0.6) is 0 Å². The number of para-hydroxylation sites is 2. The quantitative estimate of drug-likeness (QED) is 0.473. The van der Waals surface area contributed by atoms with Crippen LogP contribution in [0.4, 0.5) is 0 Å². The molecular weight excluding hydrogens is 418 g/mol. The summed E-state index contributed by atoms with van der Waals surface area (Å²) in [4.78, 5) is 31.8. The van der Waals surface area contributed by atoms with Gasteiger partial charge in [0.2, 0.25) is 15.9 Å². The molecule has 0 radical (unpaired) electrons. The van der Waals surface area contributed by atoms with Gasteiger partial charge in [0, 0.05) is 31.6 Å². The fourth-order valence-corrected chi connectivity index (χ4v) is 4.89. The van der Waals surface area contributed by atoms with Gasteiger partial charge in [0.05, 0.1) is 22.5 Å². The van der Waals surface area contributed by atoms with Crippen LogP contribution in [0.1, 0.15) is 22.6 Å². The van der Waals surface area contributed by atoms with E-state index < -0.39 is 10.0 Å². The normalized spacial score (nSPS) is 15.0. The summed E-state index contributed by atoms with van der Waals surface area (Å²) in [7, 11) is -3.84. The molecule has 1 fully saturated rings. The number of H-pyrrole nitrogens is 1. The van der Waals surface area contributed by atoms with Crippen molar-refractivity contribution >= 4 is 32.9 Å². The molecular formula is C21H23N5O4S. The highest BCUT2D eigenvalue weighted by atomic mass is 32.2. The molecule has 10 heteroatoms. The van der Waals surface area contributed by atoms with E-state index in [2.05, 4.69) is 20.6 Å². The second-order valence-electron chi connectivity index (χ2n) is 7.28. The number of aromatic nitrogens is 2. The Morgan fingerprint density at radius 3 is 2.81 bits per heavy atom. The number of imidazole rings is 1. The molecule has 0 saturated carbocycles. The Morgan fingerprint density at radius 1 is 1.16 bits per heavy atom. The minimum Gasteiger partial charge on any atom is -0.354 e. The van der Waals surface area contributed by atoms with Crippen LogP contribution in [0.3, 0.4) is 0 Å². The van der Waals surface area contributed by atoms with Crippen LogP contribution in [-0.2, 0) is 21.2 Å². The van der Waals surface area contributed by atoms with E-state index in [4.69, 9.17) is 0 Å². The summed E-state index contributed by atoms with van der Waals surface area (Å²) < 4.78 is 26.7. The Labute approximate surface area is 179 Å². The number of carbonyl (C=O) groups is 2. The lowest BCUT2D eigenvalue weighted by Gasteiger charge is -2.26. The van der Waals surface area contributed by atoms with Crippen LogP contribution in [0, 0.1) is 0 Å². The first-order chi connectivity index (χ1) is 14.9. The largest absolute Gasteiger partial charge is 0.354 e. The first-order valence-corrected chi connectivity index (χ1v) is 11.5. The Kier molecular flexibility index (Phi) is 6.01. The molecule has 0 spiro atoms. The molecule has 0 atom stereocenters. The topological polar surface area (TPSA) is 124 Å². The van der Waals surface area contributed by atoms with E-state index in [-0.39, 0.29) is 41.9 Å². The van der Waals surface area contributed by atoms with E-state index in [1.807, 2.05) is 24.3 Å². The van der Waals surface area contributed by atoms with Gasteiger partial charge in [-0.05, 0) is 36.8 Å². The smallest absolute Gasteiger partial charge is 0.251 e. The lowest BCUT2D eigenvalue weighted by atomic mass is 10.2. The van der Waals surface area contributed by atoms with Crippen molar-refractivity contribution in [3.63, 3.8) is 0 Å². The third-order valence-corrected chi connectivity index (χ3v) is 6.89. The molecule has 2 heterocycles. The van der Waals surface area contributed by atoms with Gasteiger partial charge in [-0.15, -0.1) is 0 Å². The zero-order valence-corrected chi connectivity index (χ0v) is 17.6. The van der Waals surface area contributed by atoms with E-state index in [1.54, 1.807) is 6.07 Å². The van der Waals surface area contributed by atoms with Crippen molar-refractivity contribution in [3.05, 3.63) is 59.9 Å². The summed E-state index contributed by atoms with van der Waals surface area (Å²) in [5.41, 5.74) is 2.14. The number of aromatic amines is 1. The van der Waals surface area contributed by atoms with Crippen LogP contribution in [0.15, 0.2) is 53.4 Å². The van der Waals surface area contributed by atoms with Crippen molar-refractivity contribution in [3.8, 4) is 0 Å². The number of amides is 2. The number of benzene rings is 2. The van der Waals surface area contributed by atoms with Gasteiger partial charge in [-0.25, -0.2) is 13.4 Å². The highest BCUT2D eigenvalue weighted by Gasteiger charge is 2.29. The minimum atomic E-state index is -3.84. The molecule has 3 aromatic rings. The predicted molar refractivity (Wildman–Crippen MR) is 115 cm³/mol. The molecule has 4 rings (SSSR count). The second-order valence-corrected chi connectivity index (χ2v) is 9.21. The van der Waals surface area contributed by atoms with Gasteiger partial charge in [0.1, 0.15) is 5.82 Å². The van der Waals surface area contributed by atoms with Crippen LogP contribution in [0.25, 0.3) is 11.0 Å². The Hall–Kier alpha value is -3.24. The van der Waals surface area contributed by atoms with E-state index in [9.17, 15) is 18.0 Å². The maximum Gasteiger partial charge on any atom is 0.251 e. The summed E-state index contributed by atoms with van der Waals surface area (Å²) in [6.07, 6.45) is 1.37. The molecule has 1 aliphatic heterocycles. The highest BCUT2D eigenvalue weighted by molar-refractivity contribution is 7.89. The summed E-state index contributed by atoms with van der Waals surface area (Å²) in [6, 6.07) is 13.6. The summed E-state index contributed by atoms with van der Waals surface area (Å²) >= 11 is 0. The first-order valence-electron chi connectivity index (χ1n) is 10.0. The van der Waals surface area contributed by atoms with Crippen LogP contribution in [0.2, 0.25) is 0 Å².